The molecule has 7 nitrogen and oxygen atoms in total. The summed E-state index contributed by atoms with van der Waals surface area (Å²) in [6.07, 6.45) is 1.54. The Morgan fingerprint density at radius 2 is 2.05 bits per heavy atom. The largest absolute Gasteiger partial charge is 0.481 e. The van der Waals surface area contributed by atoms with Crippen LogP contribution in [0.3, 0.4) is 0 Å². The molecule has 7 heteroatoms. The Hall–Kier alpha value is -2.67. The Morgan fingerprint density at radius 3 is 2.71 bits per heavy atom. The molecule has 2 aromatic rings. The summed E-state index contributed by atoms with van der Waals surface area (Å²) in [7, 11) is 0. The number of rotatable bonds is 6. The molecule has 1 heterocycles. The van der Waals surface area contributed by atoms with Crippen LogP contribution in [0.5, 0.6) is 0 Å². The lowest BCUT2D eigenvalue weighted by molar-refractivity contribution is -0.385. The first-order valence-electron chi connectivity index (χ1n) is 6.33. The molecule has 110 valence electrons. The third-order valence-corrected chi connectivity index (χ3v) is 3.17. The van der Waals surface area contributed by atoms with Crippen LogP contribution in [-0.2, 0) is 11.3 Å². The van der Waals surface area contributed by atoms with Crippen molar-refractivity contribution in [3.63, 3.8) is 0 Å². The lowest BCUT2D eigenvalue weighted by Gasteiger charge is -2.14. The molecule has 1 aromatic carbocycles. The Morgan fingerprint density at radius 1 is 1.33 bits per heavy atom. The van der Waals surface area contributed by atoms with Gasteiger partial charge >= 0.3 is 5.97 Å². The Labute approximate surface area is 120 Å². The molecule has 0 radical (unpaired) electrons. The molecule has 0 amide bonds. The van der Waals surface area contributed by atoms with Gasteiger partial charge in [-0.1, -0.05) is 18.2 Å². The van der Waals surface area contributed by atoms with E-state index < -0.39 is 16.9 Å². The SMILES string of the molecule is NC(CC(=O)O)c1cccn1Cc1ccccc1[N+](=O)[O-]. The number of nitrogens with zero attached hydrogens (tertiary/aromatic N) is 2. The van der Waals surface area contributed by atoms with E-state index in [1.54, 1.807) is 41.1 Å². The van der Waals surface area contributed by atoms with Gasteiger partial charge in [-0.3, -0.25) is 14.9 Å². The summed E-state index contributed by atoms with van der Waals surface area (Å²) in [5, 5.41) is 19.8. The molecule has 2 rings (SSSR count). The van der Waals surface area contributed by atoms with Gasteiger partial charge in [0.25, 0.3) is 5.69 Å². The monoisotopic (exact) mass is 289 g/mol. The van der Waals surface area contributed by atoms with E-state index in [4.69, 9.17) is 10.8 Å². The Bertz CT molecular complexity index is 666. The van der Waals surface area contributed by atoms with Gasteiger partial charge in [-0.15, -0.1) is 0 Å². The molecule has 3 N–H and O–H groups in total. The van der Waals surface area contributed by atoms with Gasteiger partial charge in [0.1, 0.15) is 0 Å². The minimum Gasteiger partial charge on any atom is -0.481 e. The summed E-state index contributed by atoms with van der Waals surface area (Å²) in [6.45, 7) is 0.271. The van der Waals surface area contributed by atoms with Crippen molar-refractivity contribution >= 4 is 11.7 Å². The molecule has 1 aromatic heterocycles. The fourth-order valence-corrected chi connectivity index (χ4v) is 2.21. The number of hydrogen-bond acceptors (Lipinski definition) is 4. The highest BCUT2D eigenvalue weighted by molar-refractivity contribution is 5.67. The molecular formula is C14H15N3O4. The van der Waals surface area contributed by atoms with Gasteiger partial charge in [0.05, 0.1) is 23.9 Å². The second-order valence-electron chi connectivity index (χ2n) is 4.65. The van der Waals surface area contributed by atoms with Crippen LogP contribution in [-0.4, -0.2) is 20.6 Å². The van der Waals surface area contributed by atoms with Gasteiger partial charge in [0.15, 0.2) is 0 Å². The number of para-hydroxylation sites is 1. The van der Waals surface area contributed by atoms with E-state index in [0.717, 1.165) is 0 Å². The molecule has 0 aliphatic carbocycles. The Balaban J connectivity index is 2.27. The fraction of sp³-hybridized carbons (Fsp3) is 0.214. The Kier molecular flexibility index (Phi) is 4.34. The third-order valence-electron chi connectivity index (χ3n) is 3.17. The molecule has 21 heavy (non-hydrogen) atoms. The van der Waals surface area contributed by atoms with Crippen molar-refractivity contribution in [1.29, 1.82) is 0 Å². The van der Waals surface area contributed by atoms with Gasteiger partial charge in [0, 0.05) is 23.5 Å². The average molecular weight is 289 g/mol. The highest BCUT2D eigenvalue weighted by Gasteiger charge is 2.17. The molecule has 0 saturated heterocycles. The predicted molar refractivity (Wildman–Crippen MR) is 75.8 cm³/mol. The van der Waals surface area contributed by atoms with E-state index >= 15 is 0 Å². The van der Waals surface area contributed by atoms with Crippen LogP contribution in [0.15, 0.2) is 42.6 Å². The minimum absolute atomic E-state index is 0.0314. The van der Waals surface area contributed by atoms with E-state index in [0.29, 0.717) is 11.3 Å². The van der Waals surface area contributed by atoms with E-state index in [9.17, 15) is 14.9 Å². The summed E-state index contributed by atoms with van der Waals surface area (Å²) in [5.74, 6) is -0.985. The standard InChI is InChI=1S/C14H15N3O4/c15-11(8-14(18)19)13-6-3-7-16(13)9-10-4-1-2-5-12(10)17(20)21/h1-7,11H,8-9,15H2,(H,18,19). The zero-order valence-electron chi connectivity index (χ0n) is 11.2. The van der Waals surface area contributed by atoms with Crippen LogP contribution in [0, 0.1) is 10.1 Å². The van der Waals surface area contributed by atoms with Crippen molar-refractivity contribution in [2.75, 3.05) is 0 Å². The number of nitrogens with two attached hydrogens (primary N) is 1. The number of hydrogen-bond donors (Lipinski definition) is 2. The highest BCUT2D eigenvalue weighted by Crippen LogP contribution is 2.22. The quantitative estimate of drug-likeness (QED) is 0.623. The predicted octanol–water partition coefficient (Wildman–Crippen LogP) is 1.92. The molecule has 1 atom stereocenters. The van der Waals surface area contributed by atoms with Crippen molar-refractivity contribution in [1.82, 2.24) is 4.57 Å². The van der Waals surface area contributed by atoms with Crippen molar-refractivity contribution in [3.05, 3.63) is 64.0 Å². The second kappa shape index (κ2) is 6.19. The van der Waals surface area contributed by atoms with Gasteiger partial charge < -0.3 is 15.4 Å². The normalized spacial score (nSPS) is 12.0. The summed E-state index contributed by atoms with van der Waals surface area (Å²) in [6, 6.07) is 9.26. The lowest BCUT2D eigenvalue weighted by atomic mass is 10.1. The second-order valence-corrected chi connectivity index (χ2v) is 4.65. The summed E-state index contributed by atoms with van der Waals surface area (Å²) in [5.41, 5.74) is 7.07. The van der Waals surface area contributed by atoms with Crippen LogP contribution in [0.25, 0.3) is 0 Å². The van der Waals surface area contributed by atoms with Gasteiger partial charge in [-0.05, 0) is 12.1 Å². The maximum absolute atomic E-state index is 11.0. The van der Waals surface area contributed by atoms with Crippen molar-refractivity contribution in [3.8, 4) is 0 Å². The number of benzene rings is 1. The van der Waals surface area contributed by atoms with Gasteiger partial charge in [-0.2, -0.15) is 0 Å². The zero-order chi connectivity index (χ0) is 15.4. The number of carboxylic acids is 1. The van der Waals surface area contributed by atoms with Gasteiger partial charge in [0.2, 0.25) is 0 Å². The van der Waals surface area contributed by atoms with Crippen LogP contribution in [0.1, 0.15) is 23.7 Å². The number of aromatic nitrogens is 1. The van der Waals surface area contributed by atoms with Crippen LogP contribution in [0.4, 0.5) is 5.69 Å². The van der Waals surface area contributed by atoms with E-state index in [1.807, 2.05) is 0 Å². The number of nitro groups is 1. The topological polar surface area (TPSA) is 111 Å². The van der Waals surface area contributed by atoms with Crippen molar-refractivity contribution < 1.29 is 14.8 Å². The number of carboxylic acid groups (broad SMARTS) is 1. The average Bonchev–Trinajstić information content (AvgIpc) is 2.86. The fourth-order valence-electron chi connectivity index (χ4n) is 2.21. The zero-order valence-corrected chi connectivity index (χ0v) is 11.2. The van der Waals surface area contributed by atoms with Crippen LogP contribution >= 0.6 is 0 Å². The molecule has 0 spiro atoms. The molecule has 1 unspecified atom stereocenters. The summed E-state index contributed by atoms with van der Waals surface area (Å²) in [4.78, 5) is 21.3. The molecule has 0 fully saturated rings. The van der Waals surface area contributed by atoms with E-state index in [-0.39, 0.29) is 18.7 Å². The molecular weight excluding hydrogens is 274 g/mol. The first kappa shape index (κ1) is 14.7. The minimum atomic E-state index is -0.985. The molecule has 0 aliphatic heterocycles. The van der Waals surface area contributed by atoms with Gasteiger partial charge in [-0.25, -0.2) is 0 Å². The third kappa shape index (κ3) is 3.46. The maximum Gasteiger partial charge on any atom is 0.305 e. The summed E-state index contributed by atoms with van der Waals surface area (Å²) < 4.78 is 1.73. The van der Waals surface area contributed by atoms with Crippen LogP contribution in [0.2, 0.25) is 0 Å². The number of carbonyl (C=O) groups is 1. The van der Waals surface area contributed by atoms with E-state index in [2.05, 4.69) is 0 Å². The van der Waals surface area contributed by atoms with E-state index in [1.165, 1.54) is 6.07 Å². The molecule has 0 aliphatic rings. The smallest absolute Gasteiger partial charge is 0.305 e. The first-order chi connectivity index (χ1) is 9.99. The molecule has 0 saturated carbocycles. The van der Waals surface area contributed by atoms with Crippen LogP contribution < -0.4 is 5.73 Å². The number of nitro benzene ring substituents is 1. The highest BCUT2D eigenvalue weighted by atomic mass is 16.6. The van der Waals surface area contributed by atoms with Crippen molar-refractivity contribution in [2.45, 2.75) is 19.0 Å². The summed E-state index contributed by atoms with van der Waals surface area (Å²) >= 11 is 0. The van der Waals surface area contributed by atoms with Crippen molar-refractivity contribution in [2.24, 2.45) is 5.73 Å². The maximum atomic E-state index is 11.0. The molecule has 0 bridgehead atoms. The first-order valence-corrected chi connectivity index (χ1v) is 6.33. The number of aliphatic carboxylic acids is 1. The lowest BCUT2D eigenvalue weighted by Crippen LogP contribution is -2.19.